The lowest BCUT2D eigenvalue weighted by Gasteiger charge is -2.40. The van der Waals surface area contributed by atoms with Gasteiger partial charge in [0.05, 0.1) is 4.90 Å². The normalized spacial score (nSPS) is 27.0. The number of nitrogens with one attached hydrogen (secondary N) is 1. The van der Waals surface area contributed by atoms with E-state index in [1.54, 1.807) is 19.1 Å². The average Bonchev–Trinajstić information content (AvgIpc) is 3.06. The highest BCUT2D eigenvalue weighted by Gasteiger charge is 2.45. The molecular formula is C17H21N3O4S. The summed E-state index contributed by atoms with van der Waals surface area (Å²) in [6.07, 6.45) is 2.65. The van der Waals surface area contributed by atoms with Crippen LogP contribution in [0.4, 0.5) is 5.69 Å². The maximum absolute atomic E-state index is 13.1. The third-order valence-electron chi connectivity index (χ3n) is 5.42. The van der Waals surface area contributed by atoms with Crippen LogP contribution in [0.15, 0.2) is 23.1 Å². The SMILES string of the molecule is C[C@H]1C(=O)N2CCC[C@H]2CN1S(=O)(=O)c1ccc2c(c1)CCC(=O)N2. The van der Waals surface area contributed by atoms with Crippen molar-refractivity contribution in [1.82, 2.24) is 9.21 Å². The van der Waals surface area contributed by atoms with E-state index in [1.807, 2.05) is 4.90 Å². The van der Waals surface area contributed by atoms with Crippen molar-refractivity contribution < 1.29 is 18.0 Å². The molecule has 1 N–H and O–H groups in total. The van der Waals surface area contributed by atoms with Crippen molar-refractivity contribution in [3.63, 3.8) is 0 Å². The number of carbonyl (C=O) groups is 2. The van der Waals surface area contributed by atoms with Gasteiger partial charge in [-0.2, -0.15) is 4.31 Å². The summed E-state index contributed by atoms with van der Waals surface area (Å²) in [6.45, 7) is 2.73. The minimum Gasteiger partial charge on any atom is -0.337 e. The number of hydrogen-bond donors (Lipinski definition) is 1. The predicted octanol–water partition coefficient (Wildman–Crippen LogP) is 0.955. The van der Waals surface area contributed by atoms with E-state index in [1.165, 1.54) is 10.4 Å². The van der Waals surface area contributed by atoms with E-state index in [0.29, 0.717) is 25.1 Å². The fourth-order valence-electron chi connectivity index (χ4n) is 4.01. The lowest BCUT2D eigenvalue weighted by molar-refractivity contribution is -0.139. The van der Waals surface area contributed by atoms with Crippen LogP contribution in [0.25, 0.3) is 0 Å². The van der Waals surface area contributed by atoms with Crippen LogP contribution in [-0.4, -0.2) is 54.6 Å². The molecule has 2 fully saturated rings. The van der Waals surface area contributed by atoms with Gasteiger partial charge in [-0.05, 0) is 49.9 Å². The molecule has 8 heteroatoms. The molecule has 3 aliphatic heterocycles. The molecule has 3 aliphatic rings. The van der Waals surface area contributed by atoms with Crippen molar-refractivity contribution in [1.29, 1.82) is 0 Å². The third kappa shape index (κ3) is 2.64. The Kier molecular flexibility index (Phi) is 3.84. The number of nitrogens with zero attached hydrogens (tertiary/aromatic N) is 2. The van der Waals surface area contributed by atoms with Gasteiger partial charge in [-0.1, -0.05) is 0 Å². The highest BCUT2D eigenvalue weighted by Crippen LogP contribution is 2.32. The molecule has 4 rings (SSSR count). The van der Waals surface area contributed by atoms with Gasteiger partial charge in [0.25, 0.3) is 0 Å². The fraction of sp³-hybridized carbons (Fsp3) is 0.529. The van der Waals surface area contributed by atoms with E-state index in [-0.39, 0.29) is 22.8 Å². The van der Waals surface area contributed by atoms with Gasteiger partial charge in [0.2, 0.25) is 21.8 Å². The summed E-state index contributed by atoms with van der Waals surface area (Å²) < 4.78 is 27.6. The molecule has 2 atom stereocenters. The summed E-state index contributed by atoms with van der Waals surface area (Å²) in [4.78, 5) is 26.0. The van der Waals surface area contributed by atoms with Gasteiger partial charge in [0.1, 0.15) is 6.04 Å². The number of fused-ring (bicyclic) bond motifs is 2. The van der Waals surface area contributed by atoms with E-state index >= 15 is 0 Å². The van der Waals surface area contributed by atoms with Gasteiger partial charge in [-0.25, -0.2) is 8.42 Å². The fourth-order valence-corrected chi connectivity index (χ4v) is 5.68. The van der Waals surface area contributed by atoms with Gasteiger partial charge >= 0.3 is 0 Å². The van der Waals surface area contributed by atoms with Crippen molar-refractivity contribution in [2.24, 2.45) is 0 Å². The third-order valence-corrected chi connectivity index (χ3v) is 7.35. The largest absolute Gasteiger partial charge is 0.337 e. The zero-order chi connectivity index (χ0) is 17.8. The van der Waals surface area contributed by atoms with E-state index in [2.05, 4.69) is 5.32 Å². The molecule has 0 aliphatic carbocycles. The smallest absolute Gasteiger partial charge is 0.243 e. The summed E-state index contributed by atoms with van der Waals surface area (Å²) in [5.74, 6) is -0.165. The summed E-state index contributed by atoms with van der Waals surface area (Å²) in [5.41, 5.74) is 1.49. The molecule has 0 bridgehead atoms. The van der Waals surface area contributed by atoms with Crippen molar-refractivity contribution in [2.75, 3.05) is 18.4 Å². The van der Waals surface area contributed by atoms with Crippen LogP contribution < -0.4 is 5.32 Å². The lowest BCUT2D eigenvalue weighted by Crippen LogP contribution is -2.59. The molecule has 1 aromatic rings. The lowest BCUT2D eigenvalue weighted by atomic mass is 10.0. The average molecular weight is 363 g/mol. The van der Waals surface area contributed by atoms with Gasteiger partial charge in [-0.3, -0.25) is 9.59 Å². The highest BCUT2D eigenvalue weighted by molar-refractivity contribution is 7.89. The Morgan fingerprint density at radius 3 is 2.80 bits per heavy atom. The second kappa shape index (κ2) is 5.81. The van der Waals surface area contributed by atoms with Gasteiger partial charge in [0.15, 0.2) is 0 Å². The molecule has 2 saturated heterocycles. The summed E-state index contributed by atoms with van der Waals surface area (Å²) in [7, 11) is -3.76. The number of hydrogen-bond acceptors (Lipinski definition) is 4. The minimum absolute atomic E-state index is 0.0182. The van der Waals surface area contributed by atoms with Crippen LogP contribution in [0.1, 0.15) is 31.7 Å². The molecule has 2 amide bonds. The molecule has 0 aromatic heterocycles. The van der Waals surface area contributed by atoms with Crippen molar-refractivity contribution in [3.8, 4) is 0 Å². The Bertz CT molecular complexity index is 851. The van der Waals surface area contributed by atoms with Crippen molar-refractivity contribution in [3.05, 3.63) is 23.8 Å². The first-order valence-corrected chi connectivity index (χ1v) is 10.1. The molecule has 0 spiro atoms. The monoisotopic (exact) mass is 363 g/mol. The molecule has 0 unspecified atom stereocenters. The number of aryl methyl sites for hydroxylation is 1. The van der Waals surface area contributed by atoms with Gasteiger partial charge in [0, 0.05) is 31.2 Å². The zero-order valence-electron chi connectivity index (χ0n) is 14.1. The molecule has 1 aromatic carbocycles. The predicted molar refractivity (Wildman–Crippen MR) is 91.5 cm³/mol. The maximum atomic E-state index is 13.1. The van der Waals surface area contributed by atoms with Crippen LogP contribution in [0, 0.1) is 0 Å². The van der Waals surface area contributed by atoms with E-state index in [4.69, 9.17) is 0 Å². The first-order valence-electron chi connectivity index (χ1n) is 8.63. The second-order valence-electron chi connectivity index (χ2n) is 6.95. The highest BCUT2D eigenvalue weighted by atomic mass is 32.2. The van der Waals surface area contributed by atoms with E-state index < -0.39 is 16.1 Å². The second-order valence-corrected chi connectivity index (χ2v) is 8.84. The molecule has 7 nitrogen and oxygen atoms in total. The molecule has 3 heterocycles. The number of amides is 2. The number of sulfonamides is 1. The number of anilines is 1. The minimum atomic E-state index is -3.76. The number of piperazine rings is 1. The van der Waals surface area contributed by atoms with Gasteiger partial charge in [-0.15, -0.1) is 0 Å². The quantitative estimate of drug-likeness (QED) is 0.848. The number of rotatable bonds is 2. The molecule has 25 heavy (non-hydrogen) atoms. The van der Waals surface area contributed by atoms with Crippen LogP contribution in [-0.2, 0) is 26.0 Å². The molecular weight excluding hydrogens is 342 g/mol. The molecule has 134 valence electrons. The van der Waals surface area contributed by atoms with Crippen LogP contribution in [0.5, 0.6) is 0 Å². The Hall–Kier alpha value is -1.93. The Morgan fingerprint density at radius 2 is 2.00 bits per heavy atom. The zero-order valence-corrected chi connectivity index (χ0v) is 14.9. The molecule has 0 radical (unpaired) electrons. The van der Waals surface area contributed by atoms with Crippen molar-refractivity contribution in [2.45, 2.75) is 49.6 Å². The Morgan fingerprint density at radius 1 is 1.20 bits per heavy atom. The number of benzene rings is 1. The standard InChI is InChI=1S/C17H21N3O4S/c1-11-17(22)19-8-2-3-13(19)10-20(11)25(23,24)14-5-6-15-12(9-14)4-7-16(21)18-15/h5-6,9,11,13H,2-4,7-8,10H2,1H3,(H,18,21)/t11-,13-/m0/s1. The van der Waals surface area contributed by atoms with E-state index in [9.17, 15) is 18.0 Å². The molecule has 0 saturated carbocycles. The number of carbonyl (C=O) groups excluding carboxylic acids is 2. The topological polar surface area (TPSA) is 86.8 Å². The van der Waals surface area contributed by atoms with Gasteiger partial charge < -0.3 is 10.2 Å². The van der Waals surface area contributed by atoms with Crippen molar-refractivity contribution >= 4 is 27.5 Å². The first-order chi connectivity index (χ1) is 11.9. The van der Waals surface area contributed by atoms with Crippen LogP contribution in [0.2, 0.25) is 0 Å². The Balaban J connectivity index is 1.67. The first kappa shape index (κ1) is 16.5. The van der Waals surface area contributed by atoms with Crippen LogP contribution >= 0.6 is 0 Å². The Labute approximate surface area is 147 Å². The summed E-state index contributed by atoms with van der Waals surface area (Å²) >= 11 is 0. The van der Waals surface area contributed by atoms with E-state index in [0.717, 1.165) is 24.9 Å². The summed E-state index contributed by atoms with van der Waals surface area (Å²) in [6, 6.07) is 4.07. The maximum Gasteiger partial charge on any atom is 0.243 e. The summed E-state index contributed by atoms with van der Waals surface area (Å²) in [5, 5.41) is 2.76. The van der Waals surface area contributed by atoms with Crippen LogP contribution in [0.3, 0.4) is 0 Å².